The van der Waals surface area contributed by atoms with Crippen LogP contribution in [-0.4, -0.2) is 29.0 Å². The highest BCUT2D eigenvalue weighted by Crippen LogP contribution is 2.48. The minimum atomic E-state index is -0.843. The van der Waals surface area contributed by atoms with Crippen LogP contribution < -0.4 is 10.2 Å². The number of benzene rings is 1. The molecule has 0 saturated carbocycles. The Morgan fingerprint density at radius 3 is 2.80 bits per heavy atom. The Morgan fingerprint density at radius 1 is 1.28 bits per heavy atom. The maximum atomic E-state index is 12.9. The van der Waals surface area contributed by atoms with Gasteiger partial charge in [-0.3, -0.25) is 4.79 Å². The van der Waals surface area contributed by atoms with Gasteiger partial charge in [-0.15, -0.1) is 0 Å². The van der Waals surface area contributed by atoms with Crippen molar-refractivity contribution in [3.63, 3.8) is 0 Å². The second-order valence-electron chi connectivity index (χ2n) is 6.84. The average molecular weight is 333 g/mol. The van der Waals surface area contributed by atoms with Crippen LogP contribution >= 0.6 is 0 Å². The SMILES string of the molecule is Cc1nc(C)c(C)c(N2C[C@@H](C#N)[C@]3(C2)C(=O)Nc2ccccc23)n1. The lowest BCUT2D eigenvalue weighted by Crippen LogP contribution is -2.42. The molecule has 1 fully saturated rings. The summed E-state index contributed by atoms with van der Waals surface area (Å²) in [5, 5.41) is 12.7. The third-order valence-electron chi connectivity index (χ3n) is 5.43. The van der Waals surface area contributed by atoms with E-state index in [4.69, 9.17) is 0 Å². The van der Waals surface area contributed by atoms with Crippen molar-refractivity contribution in [2.24, 2.45) is 5.92 Å². The van der Waals surface area contributed by atoms with Gasteiger partial charge in [0.2, 0.25) is 5.91 Å². The van der Waals surface area contributed by atoms with Crippen molar-refractivity contribution >= 4 is 17.4 Å². The number of nitriles is 1. The Labute approximate surface area is 146 Å². The van der Waals surface area contributed by atoms with Gasteiger partial charge in [0.25, 0.3) is 0 Å². The first kappa shape index (κ1) is 15.6. The zero-order valence-corrected chi connectivity index (χ0v) is 14.5. The summed E-state index contributed by atoms with van der Waals surface area (Å²) in [5.74, 6) is 0.997. The standard InChI is InChI=1S/C19H19N5O/c1-11-12(2)21-13(3)22-17(11)24-9-14(8-20)19(10-24)15-6-4-5-7-16(15)23-18(19)25/h4-7,14H,9-10H2,1-3H3,(H,23,25)/t14-,19+/m1/s1. The highest BCUT2D eigenvalue weighted by molar-refractivity contribution is 6.07. The van der Waals surface area contributed by atoms with Gasteiger partial charge >= 0.3 is 0 Å². The molecular weight excluding hydrogens is 314 g/mol. The highest BCUT2D eigenvalue weighted by Gasteiger charge is 2.58. The van der Waals surface area contributed by atoms with E-state index in [9.17, 15) is 10.1 Å². The van der Waals surface area contributed by atoms with E-state index in [0.717, 1.165) is 28.3 Å². The number of anilines is 2. The predicted molar refractivity (Wildman–Crippen MR) is 94.3 cm³/mol. The van der Waals surface area contributed by atoms with Crippen LogP contribution in [0.4, 0.5) is 11.5 Å². The number of fused-ring (bicyclic) bond motifs is 2. The van der Waals surface area contributed by atoms with Crippen molar-refractivity contribution in [2.45, 2.75) is 26.2 Å². The second-order valence-corrected chi connectivity index (χ2v) is 6.84. The van der Waals surface area contributed by atoms with Gasteiger partial charge in [0.15, 0.2) is 0 Å². The lowest BCUT2D eigenvalue weighted by Gasteiger charge is -2.25. The number of nitrogens with one attached hydrogen (secondary N) is 1. The van der Waals surface area contributed by atoms with Gasteiger partial charge in [0.1, 0.15) is 17.1 Å². The zero-order valence-electron chi connectivity index (χ0n) is 14.5. The van der Waals surface area contributed by atoms with Gasteiger partial charge in [-0.2, -0.15) is 5.26 Å². The number of rotatable bonds is 1. The number of amides is 1. The third kappa shape index (κ3) is 2.05. The Kier molecular flexibility index (Phi) is 3.29. The number of para-hydroxylation sites is 1. The molecule has 0 aliphatic carbocycles. The molecule has 3 heterocycles. The number of aryl methyl sites for hydroxylation is 2. The lowest BCUT2D eigenvalue weighted by molar-refractivity contribution is -0.120. The first-order valence-corrected chi connectivity index (χ1v) is 8.34. The van der Waals surface area contributed by atoms with Gasteiger partial charge < -0.3 is 10.2 Å². The molecule has 2 aromatic rings. The van der Waals surface area contributed by atoms with Crippen molar-refractivity contribution in [2.75, 3.05) is 23.3 Å². The fraction of sp³-hybridized carbons (Fsp3) is 0.368. The molecule has 6 nitrogen and oxygen atoms in total. The molecule has 1 saturated heterocycles. The summed E-state index contributed by atoms with van der Waals surface area (Å²) < 4.78 is 0. The summed E-state index contributed by atoms with van der Waals surface area (Å²) in [4.78, 5) is 24.0. The first-order valence-electron chi connectivity index (χ1n) is 8.34. The maximum absolute atomic E-state index is 12.9. The lowest BCUT2D eigenvalue weighted by atomic mass is 9.74. The molecular formula is C19H19N5O. The van der Waals surface area contributed by atoms with Crippen LogP contribution in [0.3, 0.4) is 0 Å². The number of nitrogens with zero attached hydrogens (tertiary/aromatic N) is 4. The van der Waals surface area contributed by atoms with E-state index in [1.54, 1.807) is 0 Å². The molecule has 0 unspecified atom stereocenters. The molecule has 0 radical (unpaired) electrons. The third-order valence-corrected chi connectivity index (χ3v) is 5.43. The summed E-state index contributed by atoms with van der Waals surface area (Å²) in [6.45, 7) is 6.73. The van der Waals surface area contributed by atoms with Gasteiger partial charge in [0, 0.05) is 30.0 Å². The molecule has 4 rings (SSSR count). The molecule has 2 aliphatic heterocycles. The number of hydrogen-bond acceptors (Lipinski definition) is 5. The van der Waals surface area contributed by atoms with Crippen molar-refractivity contribution in [1.29, 1.82) is 5.26 Å². The minimum Gasteiger partial charge on any atom is -0.353 e. The molecule has 2 atom stereocenters. The quantitative estimate of drug-likeness (QED) is 0.865. The molecule has 25 heavy (non-hydrogen) atoms. The van der Waals surface area contributed by atoms with E-state index in [2.05, 4.69) is 26.3 Å². The van der Waals surface area contributed by atoms with Crippen molar-refractivity contribution < 1.29 is 4.79 Å². The second kappa shape index (κ2) is 5.28. The minimum absolute atomic E-state index is 0.0945. The molecule has 1 spiro atoms. The molecule has 1 aromatic carbocycles. The van der Waals surface area contributed by atoms with Gasteiger partial charge in [-0.1, -0.05) is 18.2 Å². The fourth-order valence-electron chi connectivity index (χ4n) is 4.06. The fourth-order valence-corrected chi connectivity index (χ4v) is 4.06. The smallest absolute Gasteiger partial charge is 0.238 e. The average Bonchev–Trinajstić information content (AvgIpc) is 3.11. The molecule has 6 heteroatoms. The predicted octanol–water partition coefficient (Wildman–Crippen LogP) is 2.25. The van der Waals surface area contributed by atoms with Crippen LogP contribution in [0.15, 0.2) is 24.3 Å². The van der Waals surface area contributed by atoms with Crippen LogP contribution in [0.5, 0.6) is 0 Å². The Bertz CT molecular complexity index is 932. The topological polar surface area (TPSA) is 81.9 Å². The number of aromatic nitrogens is 2. The van der Waals surface area contributed by atoms with Crippen LogP contribution in [0.2, 0.25) is 0 Å². The molecule has 2 aliphatic rings. The van der Waals surface area contributed by atoms with Crippen LogP contribution in [0.25, 0.3) is 0 Å². The molecule has 0 bridgehead atoms. The summed E-state index contributed by atoms with van der Waals surface area (Å²) in [7, 11) is 0. The van der Waals surface area contributed by atoms with Gasteiger partial charge in [0.05, 0.1) is 12.0 Å². The molecule has 1 amide bonds. The first-order chi connectivity index (χ1) is 12.0. The van der Waals surface area contributed by atoms with Crippen molar-refractivity contribution in [3.05, 3.63) is 46.9 Å². The van der Waals surface area contributed by atoms with E-state index in [-0.39, 0.29) is 5.91 Å². The Morgan fingerprint density at radius 2 is 2.04 bits per heavy atom. The van der Waals surface area contributed by atoms with Crippen LogP contribution in [0.1, 0.15) is 22.6 Å². The molecule has 126 valence electrons. The van der Waals surface area contributed by atoms with Gasteiger partial charge in [-0.05, 0) is 32.4 Å². The van der Waals surface area contributed by atoms with Gasteiger partial charge in [-0.25, -0.2) is 9.97 Å². The maximum Gasteiger partial charge on any atom is 0.238 e. The summed E-state index contributed by atoms with van der Waals surface area (Å²) >= 11 is 0. The van der Waals surface area contributed by atoms with E-state index in [1.165, 1.54) is 0 Å². The summed E-state index contributed by atoms with van der Waals surface area (Å²) in [6.07, 6.45) is 0. The monoisotopic (exact) mass is 333 g/mol. The van der Waals surface area contributed by atoms with E-state index in [0.29, 0.717) is 18.9 Å². The van der Waals surface area contributed by atoms with E-state index < -0.39 is 11.3 Å². The Balaban J connectivity index is 1.84. The van der Waals surface area contributed by atoms with Crippen LogP contribution in [-0.2, 0) is 10.2 Å². The summed E-state index contributed by atoms with van der Waals surface area (Å²) in [5.41, 5.74) is 2.79. The van der Waals surface area contributed by atoms with E-state index in [1.807, 2.05) is 45.0 Å². The van der Waals surface area contributed by atoms with Crippen LogP contribution in [0, 0.1) is 38.0 Å². The highest BCUT2D eigenvalue weighted by atomic mass is 16.2. The number of carbonyl (C=O) groups excluding carboxylic acids is 1. The molecule has 1 aromatic heterocycles. The summed E-state index contributed by atoms with van der Waals surface area (Å²) in [6, 6.07) is 10.0. The van der Waals surface area contributed by atoms with E-state index >= 15 is 0 Å². The number of hydrogen-bond donors (Lipinski definition) is 1. The zero-order chi connectivity index (χ0) is 17.8. The molecule has 1 N–H and O–H groups in total. The van der Waals surface area contributed by atoms with Crippen molar-refractivity contribution in [3.8, 4) is 6.07 Å². The largest absolute Gasteiger partial charge is 0.353 e. The van der Waals surface area contributed by atoms with Crippen molar-refractivity contribution in [1.82, 2.24) is 9.97 Å². The number of carbonyl (C=O) groups is 1. The normalized spacial score (nSPS) is 24.3. The Hall–Kier alpha value is -2.94.